The molecule has 1 aliphatic carbocycles. The second-order valence-corrected chi connectivity index (χ2v) is 9.10. The van der Waals surface area contributed by atoms with E-state index in [-0.39, 0.29) is 16.1 Å². The van der Waals surface area contributed by atoms with Crippen LogP contribution in [0.2, 0.25) is 15.1 Å². The van der Waals surface area contributed by atoms with E-state index in [9.17, 15) is 9.18 Å². The lowest BCUT2D eigenvalue weighted by atomic mass is 9.99. The molecule has 0 saturated heterocycles. The highest BCUT2D eigenvalue weighted by molar-refractivity contribution is 8.00. The van der Waals surface area contributed by atoms with Crippen LogP contribution in [0.4, 0.5) is 4.39 Å². The first-order valence-corrected chi connectivity index (χ1v) is 11.0. The summed E-state index contributed by atoms with van der Waals surface area (Å²) < 4.78 is 15.5. The number of Topliss-reactive ketones (excluding diaryl/α,β-unsaturated/α-hetero) is 1. The normalized spacial score (nSPS) is 17.0. The quantitative estimate of drug-likeness (QED) is 0.429. The van der Waals surface area contributed by atoms with Crippen LogP contribution in [0, 0.1) is 5.82 Å². The third-order valence-electron chi connectivity index (χ3n) is 4.71. The van der Waals surface area contributed by atoms with Gasteiger partial charge in [-0.15, -0.1) is 10.2 Å². The van der Waals surface area contributed by atoms with Crippen molar-refractivity contribution in [2.75, 3.05) is 0 Å². The van der Waals surface area contributed by atoms with Crippen LogP contribution in [0.25, 0.3) is 17.1 Å². The summed E-state index contributed by atoms with van der Waals surface area (Å²) in [6.45, 7) is 0. The van der Waals surface area contributed by atoms with Crippen molar-refractivity contribution in [3.63, 3.8) is 0 Å². The van der Waals surface area contributed by atoms with Crippen LogP contribution in [0.3, 0.4) is 0 Å². The van der Waals surface area contributed by atoms with E-state index in [1.54, 1.807) is 28.8 Å². The van der Waals surface area contributed by atoms with Crippen LogP contribution in [0.1, 0.15) is 25.7 Å². The average molecular weight is 471 g/mol. The van der Waals surface area contributed by atoms with Crippen LogP contribution in [0.15, 0.2) is 41.6 Å². The molecular weight excluding hydrogens is 456 g/mol. The van der Waals surface area contributed by atoms with Gasteiger partial charge in [0, 0.05) is 17.0 Å². The third kappa shape index (κ3) is 4.31. The predicted octanol–water partition coefficient (Wildman–Crippen LogP) is 6.64. The summed E-state index contributed by atoms with van der Waals surface area (Å²) >= 11 is 19.8. The highest BCUT2D eigenvalue weighted by Crippen LogP contribution is 2.37. The zero-order valence-corrected chi connectivity index (χ0v) is 18.1. The average Bonchev–Trinajstić information content (AvgIpc) is 3.09. The molecule has 0 amide bonds. The van der Waals surface area contributed by atoms with Crippen LogP contribution in [-0.4, -0.2) is 25.8 Å². The molecule has 0 radical (unpaired) electrons. The van der Waals surface area contributed by atoms with Gasteiger partial charge in [-0.25, -0.2) is 4.39 Å². The summed E-state index contributed by atoms with van der Waals surface area (Å²) in [5, 5.41) is 9.84. The van der Waals surface area contributed by atoms with E-state index >= 15 is 0 Å². The molecule has 0 aliphatic heterocycles. The first-order chi connectivity index (χ1) is 13.9. The molecule has 1 aliphatic rings. The molecule has 1 unspecified atom stereocenters. The summed E-state index contributed by atoms with van der Waals surface area (Å²) in [5.41, 5.74) is 1.19. The molecule has 4 rings (SSSR count). The summed E-state index contributed by atoms with van der Waals surface area (Å²) in [5.74, 6) is 0.144. The van der Waals surface area contributed by atoms with Gasteiger partial charge in [-0.3, -0.25) is 9.36 Å². The van der Waals surface area contributed by atoms with Gasteiger partial charge in [0.2, 0.25) is 0 Å². The Balaban J connectivity index is 1.84. The standard InChI is InChI=1S/C20H15Cl3FN3OS/c21-11-5-7-13(14(22)9-11)19-25-26-20(29-18-4-2-1-3-17(18)28)27(19)12-6-8-16(24)15(23)10-12/h5-10,18H,1-4H2. The molecule has 1 fully saturated rings. The van der Waals surface area contributed by atoms with Gasteiger partial charge in [0.15, 0.2) is 11.0 Å². The lowest BCUT2D eigenvalue weighted by Gasteiger charge is -2.20. The fourth-order valence-electron chi connectivity index (χ4n) is 3.25. The SMILES string of the molecule is O=C1CCCCC1Sc1nnc(-c2ccc(Cl)cc2Cl)n1-c1ccc(F)c(Cl)c1. The molecule has 0 bridgehead atoms. The molecule has 2 aromatic carbocycles. The molecule has 1 heterocycles. The van der Waals surface area contributed by atoms with E-state index < -0.39 is 5.82 Å². The van der Waals surface area contributed by atoms with E-state index in [1.165, 1.54) is 23.9 Å². The molecule has 9 heteroatoms. The van der Waals surface area contributed by atoms with Gasteiger partial charge in [-0.2, -0.15) is 0 Å². The van der Waals surface area contributed by atoms with Gasteiger partial charge in [0.25, 0.3) is 0 Å². The van der Waals surface area contributed by atoms with Crippen molar-refractivity contribution in [3.05, 3.63) is 57.3 Å². The Bertz CT molecular complexity index is 1090. The molecule has 1 atom stereocenters. The smallest absolute Gasteiger partial charge is 0.196 e. The van der Waals surface area contributed by atoms with Gasteiger partial charge in [-0.05, 0) is 49.2 Å². The van der Waals surface area contributed by atoms with Crippen molar-refractivity contribution in [3.8, 4) is 17.1 Å². The van der Waals surface area contributed by atoms with E-state index in [0.29, 0.717) is 38.7 Å². The molecular formula is C20H15Cl3FN3OS. The number of carbonyl (C=O) groups is 1. The second-order valence-electron chi connectivity index (χ2n) is 6.68. The van der Waals surface area contributed by atoms with Crippen molar-refractivity contribution in [2.24, 2.45) is 0 Å². The van der Waals surface area contributed by atoms with Crippen molar-refractivity contribution in [2.45, 2.75) is 36.1 Å². The Hall–Kier alpha value is -1.60. The zero-order valence-electron chi connectivity index (χ0n) is 15.0. The van der Waals surface area contributed by atoms with Gasteiger partial charge >= 0.3 is 0 Å². The third-order valence-corrected chi connectivity index (χ3v) is 6.81. The Morgan fingerprint density at radius 3 is 2.59 bits per heavy atom. The fraction of sp³-hybridized carbons (Fsp3) is 0.250. The second kappa shape index (κ2) is 8.64. The van der Waals surface area contributed by atoms with Crippen molar-refractivity contribution in [1.29, 1.82) is 0 Å². The molecule has 150 valence electrons. The van der Waals surface area contributed by atoms with Crippen LogP contribution >= 0.6 is 46.6 Å². The van der Waals surface area contributed by atoms with Gasteiger partial charge < -0.3 is 0 Å². The number of halogens is 4. The first kappa shape index (κ1) is 20.7. The number of nitrogens with zero attached hydrogens (tertiary/aromatic N) is 3. The molecule has 4 nitrogen and oxygen atoms in total. The summed E-state index contributed by atoms with van der Waals surface area (Å²) in [7, 11) is 0. The Kier molecular flexibility index (Phi) is 6.16. The summed E-state index contributed by atoms with van der Waals surface area (Å²) in [4.78, 5) is 12.3. The number of hydrogen-bond donors (Lipinski definition) is 0. The monoisotopic (exact) mass is 469 g/mol. The minimum absolute atomic E-state index is 0.0194. The van der Waals surface area contributed by atoms with Crippen LogP contribution in [-0.2, 0) is 4.79 Å². The summed E-state index contributed by atoms with van der Waals surface area (Å²) in [6.07, 6.45) is 3.28. The number of carbonyl (C=O) groups excluding carboxylic acids is 1. The maximum Gasteiger partial charge on any atom is 0.196 e. The highest BCUT2D eigenvalue weighted by atomic mass is 35.5. The maximum absolute atomic E-state index is 13.7. The van der Waals surface area contributed by atoms with Gasteiger partial charge in [-0.1, -0.05) is 53.0 Å². The Morgan fingerprint density at radius 1 is 1.03 bits per heavy atom. The maximum atomic E-state index is 13.7. The minimum atomic E-state index is -0.522. The topological polar surface area (TPSA) is 47.8 Å². The predicted molar refractivity (Wildman–Crippen MR) is 115 cm³/mol. The molecule has 29 heavy (non-hydrogen) atoms. The van der Waals surface area contributed by atoms with Crippen LogP contribution in [0.5, 0.6) is 0 Å². The molecule has 1 aromatic heterocycles. The molecule has 0 N–H and O–H groups in total. The summed E-state index contributed by atoms with van der Waals surface area (Å²) in [6, 6.07) is 9.44. The number of rotatable bonds is 4. The fourth-order valence-corrected chi connectivity index (χ4v) is 5.09. The molecule has 0 spiro atoms. The highest BCUT2D eigenvalue weighted by Gasteiger charge is 2.27. The van der Waals surface area contributed by atoms with Crippen molar-refractivity contribution >= 4 is 52.3 Å². The van der Waals surface area contributed by atoms with E-state index in [1.807, 2.05) is 0 Å². The van der Waals surface area contributed by atoms with Gasteiger partial charge in [0.1, 0.15) is 11.6 Å². The van der Waals surface area contributed by atoms with E-state index in [4.69, 9.17) is 34.8 Å². The largest absolute Gasteiger partial charge is 0.298 e. The minimum Gasteiger partial charge on any atom is -0.298 e. The zero-order chi connectivity index (χ0) is 20.5. The van der Waals surface area contributed by atoms with Gasteiger partial charge in [0.05, 0.1) is 21.0 Å². The van der Waals surface area contributed by atoms with Crippen molar-refractivity contribution < 1.29 is 9.18 Å². The number of hydrogen-bond acceptors (Lipinski definition) is 4. The van der Waals surface area contributed by atoms with Crippen LogP contribution < -0.4 is 0 Å². The Labute approximate surface area is 186 Å². The number of benzene rings is 2. The van der Waals surface area contributed by atoms with E-state index in [0.717, 1.165) is 19.3 Å². The molecule has 1 saturated carbocycles. The Morgan fingerprint density at radius 2 is 1.86 bits per heavy atom. The lowest BCUT2D eigenvalue weighted by Crippen LogP contribution is -2.21. The number of aromatic nitrogens is 3. The van der Waals surface area contributed by atoms with E-state index in [2.05, 4.69) is 10.2 Å². The van der Waals surface area contributed by atoms with Crippen molar-refractivity contribution in [1.82, 2.24) is 14.8 Å². The lowest BCUT2D eigenvalue weighted by molar-refractivity contribution is -0.119. The number of thioether (sulfide) groups is 1. The molecule has 3 aromatic rings. The number of ketones is 1. The first-order valence-electron chi connectivity index (χ1n) is 8.99.